The van der Waals surface area contributed by atoms with Crippen molar-refractivity contribution in [2.45, 2.75) is 6.42 Å². The lowest BCUT2D eigenvalue weighted by atomic mass is 10.2. The van der Waals surface area contributed by atoms with Gasteiger partial charge in [0.15, 0.2) is 6.61 Å². The molecular formula is C12H11FN2O4. The molecule has 0 saturated heterocycles. The van der Waals surface area contributed by atoms with Crippen LogP contribution in [0.25, 0.3) is 0 Å². The number of halogens is 1. The van der Waals surface area contributed by atoms with Crippen molar-refractivity contribution in [2.24, 2.45) is 0 Å². The molecule has 100 valence electrons. The van der Waals surface area contributed by atoms with E-state index in [1.54, 1.807) is 0 Å². The van der Waals surface area contributed by atoms with E-state index >= 15 is 0 Å². The maximum absolute atomic E-state index is 13.3. The standard InChI is InChI=1S/C12H11FN2O4/c13-8-3-1-4-9(11(8)12(17)18)19-7-10(16)15-6-2-5-14/h1,3-4H,2,6-7H2,(H,15,16)(H,17,18). The molecule has 1 amide bonds. The SMILES string of the molecule is N#CCCNC(=O)COc1cccc(F)c1C(=O)O. The molecule has 0 spiro atoms. The number of aromatic carboxylic acids is 1. The van der Waals surface area contributed by atoms with Gasteiger partial charge in [0, 0.05) is 6.54 Å². The molecule has 0 unspecified atom stereocenters. The van der Waals surface area contributed by atoms with Crippen LogP contribution in [-0.4, -0.2) is 30.1 Å². The van der Waals surface area contributed by atoms with Gasteiger partial charge in [-0.1, -0.05) is 6.07 Å². The number of nitriles is 1. The summed E-state index contributed by atoms with van der Waals surface area (Å²) in [6, 6.07) is 5.38. The third-order valence-corrected chi connectivity index (χ3v) is 2.11. The van der Waals surface area contributed by atoms with Crippen molar-refractivity contribution in [1.82, 2.24) is 5.32 Å². The molecule has 7 heteroatoms. The Morgan fingerprint density at radius 1 is 1.47 bits per heavy atom. The third-order valence-electron chi connectivity index (χ3n) is 2.11. The first-order chi connectivity index (χ1) is 9.06. The van der Waals surface area contributed by atoms with Crippen molar-refractivity contribution in [1.29, 1.82) is 5.26 Å². The molecule has 0 aliphatic carbocycles. The molecule has 6 nitrogen and oxygen atoms in total. The smallest absolute Gasteiger partial charge is 0.342 e. The summed E-state index contributed by atoms with van der Waals surface area (Å²) in [4.78, 5) is 22.1. The van der Waals surface area contributed by atoms with Crippen LogP contribution in [0.1, 0.15) is 16.8 Å². The van der Waals surface area contributed by atoms with Crippen molar-refractivity contribution in [2.75, 3.05) is 13.2 Å². The van der Waals surface area contributed by atoms with Crippen LogP contribution in [0.5, 0.6) is 5.75 Å². The van der Waals surface area contributed by atoms with Crippen molar-refractivity contribution >= 4 is 11.9 Å². The number of hydrogen-bond donors (Lipinski definition) is 2. The molecule has 2 N–H and O–H groups in total. The first kappa shape index (κ1) is 14.4. The van der Waals surface area contributed by atoms with Crippen LogP contribution in [0.4, 0.5) is 4.39 Å². The number of ether oxygens (including phenoxy) is 1. The van der Waals surface area contributed by atoms with E-state index in [4.69, 9.17) is 15.1 Å². The summed E-state index contributed by atoms with van der Waals surface area (Å²) in [5, 5.41) is 19.5. The normalized spacial score (nSPS) is 9.47. The quantitative estimate of drug-likeness (QED) is 0.746. The number of nitrogens with zero attached hydrogens (tertiary/aromatic N) is 1. The predicted octanol–water partition coefficient (Wildman–Crippen LogP) is 0.933. The van der Waals surface area contributed by atoms with Gasteiger partial charge in [0.1, 0.15) is 17.1 Å². The Morgan fingerprint density at radius 2 is 2.21 bits per heavy atom. The minimum absolute atomic E-state index is 0.159. The maximum Gasteiger partial charge on any atom is 0.342 e. The molecule has 0 aromatic heterocycles. The molecule has 1 rings (SSSR count). The zero-order chi connectivity index (χ0) is 14.3. The lowest BCUT2D eigenvalue weighted by Crippen LogP contribution is -2.29. The van der Waals surface area contributed by atoms with Crippen LogP contribution in [-0.2, 0) is 4.79 Å². The number of rotatable bonds is 6. The van der Waals surface area contributed by atoms with Gasteiger partial charge in [-0.25, -0.2) is 9.18 Å². The highest BCUT2D eigenvalue weighted by Gasteiger charge is 2.17. The van der Waals surface area contributed by atoms with Gasteiger partial charge in [-0.15, -0.1) is 0 Å². The van der Waals surface area contributed by atoms with E-state index in [9.17, 15) is 14.0 Å². The lowest BCUT2D eigenvalue weighted by molar-refractivity contribution is -0.123. The fourth-order valence-corrected chi connectivity index (χ4v) is 1.28. The number of carboxylic acid groups (broad SMARTS) is 1. The second-order valence-corrected chi connectivity index (χ2v) is 3.46. The van der Waals surface area contributed by atoms with Gasteiger partial charge in [0.2, 0.25) is 0 Å². The van der Waals surface area contributed by atoms with Gasteiger partial charge in [-0.05, 0) is 12.1 Å². The predicted molar refractivity (Wildman–Crippen MR) is 62.1 cm³/mol. The van der Waals surface area contributed by atoms with E-state index in [1.165, 1.54) is 12.1 Å². The van der Waals surface area contributed by atoms with Gasteiger partial charge in [0.25, 0.3) is 5.91 Å². The fraction of sp³-hybridized carbons (Fsp3) is 0.250. The van der Waals surface area contributed by atoms with Gasteiger partial charge >= 0.3 is 5.97 Å². The number of carboxylic acids is 1. The maximum atomic E-state index is 13.3. The minimum Gasteiger partial charge on any atom is -0.483 e. The molecule has 1 aromatic rings. The summed E-state index contributed by atoms with van der Waals surface area (Å²) < 4.78 is 18.2. The van der Waals surface area contributed by atoms with Crippen LogP contribution in [0.3, 0.4) is 0 Å². The number of benzene rings is 1. The van der Waals surface area contributed by atoms with Crippen LogP contribution in [0.15, 0.2) is 18.2 Å². The number of carbonyl (C=O) groups excluding carboxylic acids is 1. The van der Waals surface area contributed by atoms with Gasteiger partial charge in [0.05, 0.1) is 12.5 Å². The van der Waals surface area contributed by atoms with E-state index in [1.807, 2.05) is 6.07 Å². The summed E-state index contributed by atoms with van der Waals surface area (Å²) in [5.41, 5.74) is -0.618. The minimum atomic E-state index is -1.47. The molecular weight excluding hydrogens is 255 g/mol. The Labute approximate surface area is 108 Å². The summed E-state index contributed by atoms with van der Waals surface area (Å²) in [6.07, 6.45) is 0.159. The topological polar surface area (TPSA) is 99.4 Å². The molecule has 0 aliphatic rings. The van der Waals surface area contributed by atoms with Crippen LogP contribution >= 0.6 is 0 Å². The summed E-state index contributed by atoms with van der Waals surface area (Å²) in [7, 11) is 0. The van der Waals surface area contributed by atoms with Crippen molar-refractivity contribution in [3.8, 4) is 11.8 Å². The van der Waals surface area contributed by atoms with E-state index in [0.717, 1.165) is 6.07 Å². The Balaban J connectivity index is 2.63. The van der Waals surface area contributed by atoms with E-state index in [-0.39, 0.29) is 18.7 Å². The molecule has 0 fully saturated rings. The molecule has 0 radical (unpaired) electrons. The third kappa shape index (κ3) is 4.27. The Kier molecular flexibility index (Phi) is 5.29. The summed E-state index contributed by atoms with van der Waals surface area (Å²) >= 11 is 0. The zero-order valence-corrected chi connectivity index (χ0v) is 9.85. The monoisotopic (exact) mass is 266 g/mol. The number of nitrogens with one attached hydrogen (secondary N) is 1. The highest BCUT2D eigenvalue weighted by Crippen LogP contribution is 2.21. The number of hydrogen-bond acceptors (Lipinski definition) is 4. The molecule has 19 heavy (non-hydrogen) atoms. The van der Waals surface area contributed by atoms with Gasteiger partial charge in [-0.2, -0.15) is 5.26 Å². The second-order valence-electron chi connectivity index (χ2n) is 3.46. The van der Waals surface area contributed by atoms with Crippen molar-refractivity contribution < 1.29 is 23.8 Å². The van der Waals surface area contributed by atoms with E-state index in [2.05, 4.69) is 5.32 Å². The largest absolute Gasteiger partial charge is 0.483 e. The summed E-state index contributed by atoms with van der Waals surface area (Å²) in [6.45, 7) is -0.275. The molecule has 0 atom stereocenters. The first-order valence-electron chi connectivity index (χ1n) is 5.34. The van der Waals surface area contributed by atoms with E-state index in [0.29, 0.717) is 0 Å². The van der Waals surface area contributed by atoms with Gasteiger partial charge in [-0.3, -0.25) is 4.79 Å². The molecule has 0 aliphatic heterocycles. The highest BCUT2D eigenvalue weighted by atomic mass is 19.1. The van der Waals surface area contributed by atoms with E-state index < -0.39 is 29.9 Å². The summed E-state index contributed by atoms with van der Waals surface area (Å²) in [5.74, 6) is -3.15. The zero-order valence-electron chi connectivity index (χ0n) is 9.85. The average molecular weight is 266 g/mol. The Morgan fingerprint density at radius 3 is 2.84 bits per heavy atom. The van der Waals surface area contributed by atoms with Crippen LogP contribution in [0, 0.1) is 17.1 Å². The highest BCUT2D eigenvalue weighted by molar-refractivity contribution is 5.91. The second kappa shape index (κ2) is 6.96. The number of amides is 1. The average Bonchev–Trinajstić information content (AvgIpc) is 2.36. The van der Waals surface area contributed by atoms with Gasteiger partial charge < -0.3 is 15.2 Å². The lowest BCUT2D eigenvalue weighted by Gasteiger charge is -2.09. The number of carbonyl (C=O) groups is 2. The van der Waals surface area contributed by atoms with Crippen molar-refractivity contribution in [3.63, 3.8) is 0 Å². The first-order valence-corrected chi connectivity index (χ1v) is 5.34. The molecule has 0 saturated carbocycles. The molecule has 0 heterocycles. The van der Waals surface area contributed by atoms with Crippen LogP contribution in [0.2, 0.25) is 0 Å². The van der Waals surface area contributed by atoms with Crippen molar-refractivity contribution in [3.05, 3.63) is 29.6 Å². The molecule has 0 bridgehead atoms. The Bertz CT molecular complexity index is 525. The van der Waals surface area contributed by atoms with Crippen LogP contribution < -0.4 is 10.1 Å². The fourth-order valence-electron chi connectivity index (χ4n) is 1.28. The molecule has 1 aromatic carbocycles. The Hall–Kier alpha value is -2.62.